The van der Waals surface area contributed by atoms with Crippen molar-refractivity contribution >= 4 is 32.6 Å². The summed E-state index contributed by atoms with van der Waals surface area (Å²) in [5, 5.41) is 3.35. The van der Waals surface area contributed by atoms with Crippen molar-refractivity contribution in [2.24, 2.45) is 0 Å². The predicted octanol–water partition coefficient (Wildman–Crippen LogP) is 5.02. The number of benzene rings is 2. The van der Waals surface area contributed by atoms with Gasteiger partial charge >= 0.3 is 0 Å². The molecule has 1 N–H and O–H groups in total. The van der Waals surface area contributed by atoms with Crippen molar-refractivity contribution in [2.45, 2.75) is 33.1 Å². The van der Waals surface area contributed by atoms with Gasteiger partial charge in [-0.05, 0) is 48.7 Å². The molecule has 0 bridgehead atoms. The number of methoxy groups -OCH3 is 1. The van der Waals surface area contributed by atoms with E-state index in [9.17, 15) is 4.79 Å². The molecular weight excluding hydrogens is 388 g/mol. The van der Waals surface area contributed by atoms with Gasteiger partial charge in [-0.25, -0.2) is 4.98 Å². The van der Waals surface area contributed by atoms with E-state index < -0.39 is 0 Å². The Hall–Kier alpha value is -2.80. The summed E-state index contributed by atoms with van der Waals surface area (Å²) in [6.07, 6.45) is 0. The molecular formula is C22H26N2O4S. The van der Waals surface area contributed by atoms with E-state index >= 15 is 0 Å². The molecule has 0 radical (unpaired) electrons. The molecule has 0 saturated carbocycles. The lowest BCUT2D eigenvalue weighted by molar-refractivity contribution is -0.118. The number of carbonyl (C=O) groups is 1. The van der Waals surface area contributed by atoms with E-state index in [0.717, 1.165) is 27.3 Å². The first kappa shape index (κ1) is 20.9. The number of thiazole rings is 1. The largest absolute Gasteiger partial charge is 0.497 e. The van der Waals surface area contributed by atoms with Crippen molar-refractivity contribution in [1.82, 2.24) is 4.98 Å². The number of fused-ring (bicyclic) bond motifs is 1. The Bertz CT molecular complexity index is 1010. The average Bonchev–Trinajstić information content (AvgIpc) is 3.07. The van der Waals surface area contributed by atoms with Crippen molar-refractivity contribution in [3.05, 3.63) is 42.0 Å². The Labute approximate surface area is 174 Å². The van der Waals surface area contributed by atoms with Gasteiger partial charge in [-0.2, -0.15) is 0 Å². The molecule has 1 heterocycles. The van der Waals surface area contributed by atoms with Gasteiger partial charge in [-0.3, -0.25) is 10.1 Å². The number of rotatable bonds is 7. The molecule has 2 aromatic carbocycles. The van der Waals surface area contributed by atoms with Crippen LogP contribution in [0, 0.1) is 0 Å². The minimum Gasteiger partial charge on any atom is -0.497 e. The molecule has 3 rings (SSSR count). The molecule has 29 heavy (non-hydrogen) atoms. The second-order valence-corrected chi connectivity index (χ2v) is 8.56. The summed E-state index contributed by atoms with van der Waals surface area (Å²) in [4.78, 5) is 16.8. The zero-order chi connectivity index (χ0) is 21.0. The molecule has 0 atom stereocenters. The first-order valence-corrected chi connectivity index (χ1v) is 10.3. The molecule has 0 aliphatic heterocycles. The Balaban J connectivity index is 1.68. The van der Waals surface area contributed by atoms with Gasteiger partial charge in [0.2, 0.25) is 0 Å². The van der Waals surface area contributed by atoms with Crippen molar-refractivity contribution in [2.75, 3.05) is 25.6 Å². The SMILES string of the molecule is CCOc1ccc2nc(NC(=O)COc3ccc(OC)cc3C(C)(C)C)sc2c1. The van der Waals surface area contributed by atoms with E-state index in [-0.39, 0.29) is 17.9 Å². The van der Waals surface area contributed by atoms with E-state index in [0.29, 0.717) is 17.5 Å². The fourth-order valence-corrected chi connectivity index (χ4v) is 3.77. The minimum absolute atomic E-state index is 0.102. The van der Waals surface area contributed by atoms with Crippen LogP contribution in [0.2, 0.25) is 0 Å². The van der Waals surface area contributed by atoms with E-state index in [1.54, 1.807) is 7.11 Å². The van der Waals surface area contributed by atoms with Gasteiger partial charge in [0, 0.05) is 5.56 Å². The first-order valence-electron chi connectivity index (χ1n) is 9.44. The Kier molecular flexibility index (Phi) is 6.27. The van der Waals surface area contributed by atoms with Gasteiger partial charge < -0.3 is 14.2 Å². The predicted molar refractivity (Wildman–Crippen MR) is 117 cm³/mol. The second kappa shape index (κ2) is 8.69. The summed E-state index contributed by atoms with van der Waals surface area (Å²) in [5.41, 5.74) is 1.65. The maximum atomic E-state index is 12.4. The molecule has 7 heteroatoms. The van der Waals surface area contributed by atoms with Crippen LogP contribution < -0.4 is 19.5 Å². The minimum atomic E-state index is -0.259. The summed E-state index contributed by atoms with van der Waals surface area (Å²) in [7, 11) is 1.63. The zero-order valence-electron chi connectivity index (χ0n) is 17.4. The molecule has 154 valence electrons. The van der Waals surface area contributed by atoms with Crippen molar-refractivity contribution in [3.63, 3.8) is 0 Å². The van der Waals surface area contributed by atoms with Gasteiger partial charge in [-0.15, -0.1) is 0 Å². The van der Waals surface area contributed by atoms with Gasteiger partial charge in [0.25, 0.3) is 5.91 Å². The van der Waals surface area contributed by atoms with Crippen LogP contribution in [0.4, 0.5) is 5.13 Å². The molecule has 0 spiro atoms. The molecule has 0 saturated heterocycles. The van der Waals surface area contributed by atoms with Crippen molar-refractivity contribution in [1.29, 1.82) is 0 Å². The quantitative estimate of drug-likeness (QED) is 0.588. The molecule has 1 amide bonds. The van der Waals surface area contributed by atoms with E-state index in [2.05, 4.69) is 31.1 Å². The molecule has 0 unspecified atom stereocenters. The van der Waals surface area contributed by atoms with Crippen LogP contribution in [0.5, 0.6) is 17.2 Å². The first-order chi connectivity index (χ1) is 13.8. The highest BCUT2D eigenvalue weighted by Crippen LogP contribution is 2.34. The van der Waals surface area contributed by atoms with Crippen LogP contribution in [0.25, 0.3) is 10.2 Å². The van der Waals surface area contributed by atoms with Crippen molar-refractivity contribution < 1.29 is 19.0 Å². The van der Waals surface area contributed by atoms with Crippen LogP contribution in [0.3, 0.4) is 0 Å². The Morgan fingerprint density at radius 3 is 2.55 bits per heavy atom. The maximum absolute atomic E-state index is 12.4. The van der Waals surface area contributed by atoms with Crippen LogP contribution >= 0.6 is 11.3 Å². The fraction of sp³-hybridized carbons (Fsp3) is 0.364. The van der Waals surface area contributed by atoms with Crippen LogP contribution in [0.15, 0.2) is 36.4 Å². The molecule has 3 aromatic rings. The number of nitrogens with one attached hydrogen (secondary N) is 1. The summed E-state index contributed by atoms with van der Waals surface area (Å²) in [6, 6.07) is 11.3. The number of carbonyl (C=O) groups excluding carboxylic acids is 1. The summed E-state index contributed by atoms with van der Waals surface area (Å²) < 4.78 is 17.6. The highest BCUT2D eigenvalue weighted by atomic mass is 32.1. The maximum Gasteiger partial charge on any atom is 0.264 e. The van der Waals surface area contributed by atoms with Gasteiger partial charge in [0.15, 0.2) is 11.7 Å². The Morgan fingerprint density at radius 1 is 1.10 bits per heavy atom. The molecule has 1 aromatic heterocycles. The topological polar surface area (TPSA) is 69.7 Å². The standard InChI is InChI=1S/C22H26N2O4S/c1-6-27-15-7-9-17-19(12-15)29-21(23-17)24-20(25)13-28-18-10-8-14(26-5)11-16(18)22(2,3)4/h7-12H,6,13H2,1-5H3,(H,23,24,25). The van der Waals surface area contributed by atoms with Crippen LogP contribution in [-0.4, -0.2) is 31.2 Å². The van der Waals surface area contributed by atoms with Crippen LogP contribution in [-0.2, 0) is 10.2 Å². The third-order valence-electron chi connectivity index (χ3n) is 4.27. The molecule has 6 nitrogen and oxygen atoms in total. The van der Waals surface area contributed by atoms with Crippen LogP contribution in [0.1, 0.15) is 33.3 Å². The molecule has 0 aliphatic rings. The summed E-state index contributed by atoms with van der Waals surface area (Å²) in [6.45, 7) is 8.71. The lowest BCUT2D eigenvalue weighted by Gasteiger charge is -2.23. The van der Waals surface area contributed by atoms with Gasteiger partial charge in [-0.1, -0.05) is 32.1 Å². The third kappa shape index (κ3) is 5.17. The highest BCUT2D eigenvalue weighted by molar-refractivity contribution is 7.22. The fourth-order valence-electron chi connectivity index (χ4n) is 2.86. The van der Waals surface area contributed by atoms with E-state index in [1.165, 1.54) is 11.3 Å². The number of hydrogen-bond acceptors (Lipinski definition) is 6. The van der Waals surface area contributed by atoms with Gasteiger partial charge in [0.05, 0.1) is 23.9 Å². The number of amides is 1. The number of hydrogen-bond donors (Lipinski definition) is 1. The lowest BCUT2D eigenvalue weighted by Crippen LogP contribution is -2.22. The highest BCUT2D eigenvalue weighted by Gasteiger charge is 2.21. The third-order valence-corrected chi connectivity index (χ3v) is 5.20. The molecule has 0 aliphatic carbocycles. The summed E-state index contributed by atoms with van der Waals surface area (Å²) in [5.74, 6) is 1.95. The number of anilines is 1. The normalized spacial score (nSPS) is 11.3. The number of nitrogens with zero attached hydrogens (tertiary/aromatic N) is 1. The number of ether oxygens (including phenoxy) is 3. The van der Waals surface area contributed by atoms with E-state index in [4.69, 9.17) is 14.2 Å². The lowest BCUT2D eigenvalue weighted by atomic mass is 9.86. The average molecular weight is 415 g/mol. The van der Waals surface area contributed by atoms with E-state index in [1.807, 2.05) is 43.3 Å². The monoisotopic (exact) mass is 414 g/mol. The zero-order valence-corrected chi connectivity index (χ0v) is 18.2. The Morgan fingerprint density at radius 2 is 1.86 bits per heavy atom. The summed E-state index contributed by atoms with van der Waals surface area (Å²) >= 11 is 1.40. The van der Waals surface area contributed by atoms with Crippen molar-refractivity contribution in [3.8, 4) is 17.2 Å². The van der Waals surface area contributed by atoms with Gasteiger partial charge in [0.1, 0.15) is 17.2 Å². The molecule has 0 fully saturated rings. The second-order valence-electron chi connectivity index (χ2n) is 7.53. The number of aromatic nitrogens is 1. The smallest absolute Gasteiger partial charge is 0.264 e.